The minimum Gasteiger partial charge on any atom is -0.480 e. The Balaban J connectivity index is 2.44. The Kier molecular flexibility index (Phi) is 7.77. The van der Waals surface area contributed by atoms with Crippen molar-refractivity contribution < 1.29 is 24.4 Å². The lowest BCUT2D eigenvalue weighted by atomic mass is 10.2. The van der Waals surface area contributed by atoms with E-state index in [-0.39, 0.29) is 30.6 Å². The molecule has 0 radical (unpaired) electrons. The minimum absolute atomic E-state index is 0.0115. The van der Waals surface area contributed by atoms with Gasteiger partial charge in [0.2, 0.25) is 5.91 Å². The first-order valence-corrected chi connectivity index (χ1v) is 7.51. The van der Waals surface area contributed by atoms with Crippen LogP contribution in [0.1, 0.15) is 30.1 Å². The van der Waals surface area contributed by atoms with Crippen LogP contribution in [-0.2, 0) is 9.59 Å². The lowest BCUT2D eigenvalue weighted by Crippen LogP contribution is -2.41. The van der Waals surface area contributed by atoms with Crippen molar-refractivity contribution in [3.05, 3.63) is 52.1 Å². The van der Waals surface area contributed by atoms with Gasteiger partial charge in [-0.3, -0.25) is 19.7 Å². The SMILES string of the molecule is C/C=C/CC(NC(=O)CCNC(=O)c1ccc([N+](=O)[O-])cc1)C(=O)O. The average Bonchev–Trinajstić information content (AvgIpc) is 2.58. The number of non-ortho nitro benzene ring substituents is 1. The molecule has 3 N–H and O–H groups in total. The number of amides is 2. The number of carbonyl (C=O) groups is 3. The zero-order valence-electron chi connectivity index (χ0n) is 13.6. The molecule has 2 amide bonds. The van der Waals surface area contributed by atoms with E-state index >= 15 is 0 Å². The molecule has 0 aliphatic heterocycles. The highest BCUT2D eigenvalue weighted by molar-refractivity contribution is 5.94. The summed E-state index contributed by atoms with van der Waals surface area (Å²) < 4.78 is 0. The molecule has 0 spiro atoms. The van der Waals surface area contributed by atoms with Crippen molar-refractivity contribution in [2.45, 2.75) is 25.8 Å². The second-order valence-corrected chi connectivity index (χ2v) is 5.07. The van der Waals surface area contributed by atoms with Gasteiger partial charge in [0.15, 0.2) is 0 Å². The first-order chi connectivity index (χ1) is 11.8. The second-order valence-electron chi connectivity index (χ2n) is 5.07. The van der Waals surface area contributed by atoms with Gasteiger partial charge in [-0.05, 0) is 25.5 Å². The third-order valence-corrected chi connectivity index (χ3v) is 3.22. The number of benzene rings is 1. The third kappa shape index (κ3) is 6.81. The average molecular weight is 349 g/mol. The van der Waals surface area contributed by atoms with Crippen LogP contribution in [0.15, 0.2) is 36.4 Å². The third-order valence-electron chi connectivity index (χ3n) is 3.22. The maximum Gasteiger partial charge on any atom is 0.326 e. The lowest BCUT2D eigenvalue weighted by Gasteiger charge is -2.12. The molecule has 0 bridgehead atoms. The summed E-state index contributed by atoms with van der Waals surface area (Å²) in [5.41, 5.74) is 0.0965. The zero-order chi connectivity index (χ0) is 18.8. The van der Waals surface area contributed by atoms with E-state index in [0.717, 1.165) is 0 Å². The van der Waals surface area contributed by atoms with E-state index in [9.17, 15) is 24.5 Å². The van der Waals surface area contributed by atoms with Gasteiger partial charge in [0.1, 0.15) is 6.04 Å². The summed E-state index contributed by atoms with van der Waals surface area (Å²) in [5.74, 6) is -2.12. The summed E-state index contributed by atoms with van der Waals surface area (Å²) >= 11 is 0. The van der Waals surface area contributed by atoms with Crippen molar-refractivity contribution in [1.82, 2.24) is 10.6 Å². The first kappa shape index (κ1) is 19.8. The Morgan fingerprint density at radius 1 is 1.28 bits per heavy atom. The largest absolute Gasteiger partial charge is 0.480 e. The van der Waals surface area contributed by atoms with Gasteiger partial charge in [0.05, 0.1) is 4.92 Å². The Morgan fingerprint density at radius 2 is 1.92 bits per heavy atom. The summed E-state index contributed by atoms with van der Waals surface area (Å²) in [5, 5.41) is 24.4. The van der Waals surface area contributed by atoms with Gasteiger partial charge in [-0.15, -0.1) is 0 Å². The number of nitrogens with one attached hydrogen (secondary N) is 2. The monoisotopic (exact) mass is 349 g/mol. The summed E-state index contributed by atoms with van der Waals surface area (Å²) in [4.78, 5) is 44.6. The number of hydrogen-bond acceptors (Lipinski definition) is 5. The molecule has 0 aromatic heterocycles. The molecule has 0 aliphatic rings. The molecule has 1 atom stereocenters. The van der Waals surface area contributed by atoms with Crippen molar-refractivity contribution in [3.8, 4) is 0 Å². The molecule has 134 valence electrons. The Bertz CT molecular complexity index is 669. The molecule has 0 heterocycles. The van der Waals surface area contributed by atoms with E-state index in [1.165, 1.54) is 24.3 Å². The highest BCUT2D eigenvalue weighted by Gasteiger charge is 2.18. The molecule has 9 nitrogen and oxygen atoms in total. The van der Waals surface area contributed by atoms with Crippen molar-refractivity contribution in [2.24, 2.45) is 0 Å². The smallest absolute Gasteiger partial charge is 0.326 e. The summed E-state index contributed by atoms with van der Waals surface area (Å²) in [6.07, 6.45) is 3.41. The van der Waals surface area contributed by atoms with E-state index in [1.54, 1.807) is 19.1 Å². The Hall–Kier alpha value is -3.23. The molecule has 0 saturated carbocycles. The van der Waals surface area contributed by atoms with E-state index in [1.807, 2.05) is 0 Å². The highest BCUT2D eigenvalue weighted by Crippen LogP contribution is 2.11. The number of nitrogens with zero attached hydrogens (tertiary/aromatic N) is 1. The number of carboxylic acids is 1. The van der Waals surface area contributed by atoms with Crippen molar-refractivity contribution >= 4 is 23.5 Å². The molecule has 25 heavy (non-hydrogen) atoms. The summed E-state index contributed by atoms with van der Waals surface area (Å²) in [6.45, 7) is 1.76. The second kappa shape index (κ2) is 9.81. The molecule has 1 unspecified atom stereocenters. The first-order valence-electron chi connectivity index (χ1n) is 7.51. The topological polar surface area (TPSA) is 139 Å². The predicted octanol–water partition coefficient (Wildman–Crippen LogP) is 1.25. The fourth-order valence-electron chi connectivity index (χ4n) is 1.89. The summed E-state index contributed by atoms with van der Waals surface area (Å²) in [7, 11) is 0. The van der Waals surface area contributed by atoms with E-state index in [0.29, 0.717) is 0 Å². The van der Waals surface area contributed by atoms with Gasteiger partial charge < -0.3 is 15.7 Å². The number of nitro groups is 1. The van der Waals surface area contributed by atoms with Gasteiger partial charge in [-0.1, -0.05) is 12.2 Å². The number of carboxylic acid groups (broad SMARTS) is 1. The van der Waals surface area contributed by atoms with Crippen LogP contribution in [-0.4, -0.2) is 40.4 Å². The van der Waals surface area contributed by atoms with Gasteiger partial charge in [0.25, 0.3) is 11.6 Å². The number of nitro benzene ring substituents is 1. The Labute approximate surface area is 143 Å². The molecular formula is C16H19N3O6. The standard InChI is InChI=1S/C16H19N3O6/c1-2-3-4-13(16(22)23)18-14(20)9-10-17-15(21)11-5-7-12(8-6-11)19(24)25/h2-3,5-8,13H,4,9-10H2,1H3,(H,17,21)(H,18,20)(H,22,23)/b3-2+. The maximum absolute atomic E-state index is 11.9. The number of carbonyl (C=O) groups excluding carboxylic acids is 2. The van der Waals surface area contributed by atoms with Gasteiger partial charge in [-0.2, -0.15) is 0 Å². The van der Waals surface area contributed by atoms with Crippen LogP contribution in [0, 0.1) is 10.1 Å². The Morgan fingerprint density at radius 3 is 2.44 bits per heavy atom. The van der Waals surface area contributed by atoms with Crippen molar-refractivity contribution in [1.29, 1.82) is 0 Å². The van der Waals surface area contributed by atoms with Crippen molar-refractivity contribution in [2.75, 3.05) is 6.54 Å². The van der Waals surface area contributed by atoms with E-state index in [2.05, 4.69) is 10.6 Å². The van der Waals surface area contributed by atoms with E-state index < -0.39 is 28.7 Å². The van der Waals surface area contributed by atoms with Crippen LogP contribution in [0.2, 0.25) is 0 Å². The summed E-state index contributed by atoms with van der Waals surface area (Å²) in [6, 6.07) is 4.02. The molecule has 1 rings (SSSR count). The van der Waals surface area contributed by atoms with Gasteiger partial charge >= 0.3 is 5.97 Å². The number of allylic oxidation sites excluding steroid dienone is 1. The van der Waals surface area contributed by atoms with Crippen LogP contribution in [0.3, 0.4) is 0 Å². The van der Waals surface area contributed by atoms with Crippen LogP contribution >= 0.6 is 0 Å². The van der Waals surface area contributed by atoms with Crippen LogP contribution in [0.4, 0.5) is 5.69 Å². The molecule has 0 aliphatic carbocycles. The molecular weight excluding hydrogens is 330 g/mol. The highest BCUT2D eigenvalue weighted by atomic mass is 16.6. The molecule has 1 aromatic carbocycles. The minimum atomic E-state index is -1.14. The number of aliphatic carboxylic acids is 1. The van der Waals surface area contributed by atoms with E-state index in [4.69, 9.17) is 5.11 Å². The van der Waals surface area contributed by atoms with Crippen LogP contribution in [0.5, 0.6) is 0 Å². The maximum atomic E-state index is 11.9. The fourth-order valence-corrected chi connectivity index (χ4v) is 1.89. The van der Waals surface area contributed by atoms with Gasteiger partial charge in [-0.25, -0.2) is 4.79 Å². The quantitative estimate of drug-likeness (QED) is 0.348. The molecule has 9 heteroatoms. The molecule has 0 saturated heterocycles. The number of rotatable bonds is 9. The van der Waals surface area contributed by atoms with Crippen LogP contribution in [0.25, 0.3) is 0 Å². The molecule has 1 aromatic rings. The molecule has 0 fully saturated rings. The zero-order valence-corrected chi connectivity index (χ0v) is 13.6. The van der Waals surface area contributed by atoms with Gasteiger partial charge in [0, 0.05) is 30.7 Å². The van der Waals surface area contributed by atoms with Crippen LogP contribution < -0.4 is 10.6 Å². The predicted molar refractivity (Wildman–Crippen MR) is 89.0 cm³/mol. The lowest BCUT2D eigenvalue weighted by molar-refractivity contribution is -0.384. The normalized spacial score (nSPS) is 11.7. The number of hydrogen-bond donors (Lipinski definition) is 3. The fraction of sp³-hybridized carbons (Fsp3) is 0.312. The van der Waals surface area contributed by atoms with Crippen molar-refractivity contribution in [3.63, 3.8) is 0 Å².